The second kappa shape index (κ2) is 10.4. The molecule has 1 heterocycles. The molecule has 0 radical (unpaired) electrons. The van der Waals surface area contributed by atoms with Gasteiger partial charge in [-0.3, -0.25) is 9.59 Å². The fraction of sp³-hybridized carbons (Fsp3) is 0.292. The van der Waals surface area contributed by atoms with E-state index in [4.69, 9.17) is 19.6 Å². The lowest BCUT2D eigenvalue weighted by Gasteiger charge is -2.14. The van der Waals surface area contributed by atoms with Crippen LogP contribution in [0.3, 0.4) is 0 Å². The smallest absolute Gasteiger partial charge is 0.306 e. The maximum absolute atomic E-state index is 11.7. The highest BCUT2D eigenvalue weighted by Gasteiger charge is 2.12. The van der Waals surface area contributed by atoms with E-state index in [2.05, 4.69) is 11.9 Å². The molecule has 7 nitrogen and oxygen atoms in total. The lowest BCUT2D eigenvalue weighted by molar-refractivity contribution is -0.142. The molecule has 0 atom stereocenters. The van der Waals surface area contributed by atoms with E-state index in [9.17, 15) is 9.59 Å². The number of carbonyl (C=O) groups is 2. The molecule has 0 fully saturated rings. The summed E-state index contributed by atoms with van der Waals surface area (Å²) in [5.74, 6) is -0.405. The molecule has 3 rings (SSSR count). The second-order valence-corrected chi connectivity index (χ2v) is 7.12. The van der Waals surface area contributed by atoms with Gasteiger partial charge < -0.3 is 19.9 Å². The number of methoxy groups -OCH3 is 1. The van der Waals surface area contributed by atoms with Crippen molar-refractivity contribution in [2.24, 2.45) is 0 Å². The summed E-state index contributed by atoms with van der Waals surface area (Å²) in [5, 5.41) is 14.1. The first kappa shape index (κ1) is 22.1. The molecule has 3 aromatic rings. The lowest BCUT2D eigenvalue weighted by Crippen LogP contribution is -2.08. The number of benzene rings is 2. The number of ether oxygens (including phenoxy) is 2. The SMILES string of the molecule is C=CCOC(=O)CCCc1ccc2nc3ccc(OC)cc3c(NCCC(=O)O)c2c1. The molecular formula is C24H26N2O5. The number of nitrogens with one attached hydrogen (secondary N) is 1. The van der Waals surface area contributed by atoms with Crippen molar-refractivity contribution >= 4 is 39.4 Å². The minimum absolute atomic E-state index is 0.00177. The summed E-state index contributed by atoms with van der Waals surface area (Å²) >= 11 is 0. The molecule has 1 aromatic heterocycles. The number of rotatable bonds is 11. The zero-order chi connectivity index (χ0) is 22.2. The Morgan fingerprint density at radius 3 is 2.58 bits per heavy atom. The highest BCUT2D eigenvalue weighted by Crippen LogP contribution is 2.34. The number of hydrogen-bond donors (Lipinski definition) is 2. The van der Waals surface area contributed by atoms with E-state index in [1.165, 1.54) is 0 Å². The quantitative estimate of drug-likeness (QED) is 0.270. The second-order valence-electron chi connectivity index (χ2n) is 7.12. The van der Waals surface area contributed by atoms with Crippen LogP contribution in [0, 0.1) is 0 Å². The van der Waals surface area contributed by atoms with Crippen LogP contribution in [0.15, 0.2) is 49.1 Å². The summed E-state index contributed by atoms with van der Waals surface area (Å²) in [4.78, 5) is 27.4. The molecule has 0 aliphatic rings. The minimum atomic E-state index is -0.864. The first-order chi connectivity index (χ1) is 15.0. The Kier molecular flexibility index (Phi) is 7.43. The van der Waals surface area contributed by atoms with Crippen molar-refractivity contribution in [2.75, 3.05) is 25.6 Å². The Morgan fingerprint density at radius 2 is 1.87 bits per heavy atom. The molecule has 0 saturated carbocycles. The molecule has 7 heteroatoms. The number of carboxylic acids is 1. The number of aliphatic carboxylic acids is 1. The lowest BCUT2D eigenvalue weighted by atomic mass is 10.0. The summed E-state index contributed by atoms with van der Waals surface area (Å²) in [6.07, 6.45) is 3.26. The number of aryl methyl sites for hydroxylation is 1. The molecule has 0 unspecified atom stereocenters. The van der Waals surface area contributed by atoms with E-state index in [1.54, 1.807) is 13.2 Å². The predicted molar refractivity (Wildman–Crippen MR) is 121 cm³/mol. The summed E-state index contributed by atoms with van der Waals surface area (Å²) in [6, 6.07) is 11.6. The highest BCUT2D eigenvalue weighted by molar-refractivity contribution is 6.08. The topological polar surface area (TPSA) is 97.8 Å². The Bertz CT molecular complexity index is 1110. The number of anilines is 1. The van der Waals surface area contributed by atoms with E-state index in [0.29, 0.717) is 31.6 Å². The van der Waals surface area contributed by atoms with Crippen LogP contribution in [0.1, 0.15) is 24.8 Å². The monoisotopic (exact) mass is 422 g/mol. The maximum atomic E-state index is 11.7. The minimum Gasteiger partial charge on any atom is -0.497 e. The third-order valence-corrected chi connectivity index (χ3v) is 4.89. The molecule has 2 N–H and O–H groups in total. The van der Waals surface area contributed by atoms with Crippen molar-refractivity contribution < 1.29 is 24.2 Å². The fourth-order valence-corrected chi connectivity index (χ4v) is 3.40. The number of pyridine rings is 1. The average molecular weight is 422 g/mol. The Balaban J connectivity index is 1.92. The Labute approximate surface area is 180 Å². The van der Waals surface area contributed by atoms with Crippen LogP contribution < -0.4 is 10.1 Å². The van der Waals surface area contributed by atoms with Crippen LogP contribution in [0.25, 0.3) is 21.8 Å². The van der Waals surface area contributed by atoms with E-state index < -0.39 is 5.97 Å². The van der Waals surface area contributed by atoms with Crippen molar-refractivity contribution in [3.63, 3.8) is 0 Å². The van der Waals surface area contributed by atoms with Gasteiger partial charge in [0.05, 0.1) is 30.3 Å². The molecule has 2 aromatic carbocycles. The van der Waals surface area contributed by atoms with Crippen LogP contribution >= 0.6 is 0 Å². The van der Waals surface area contributed by atoms with Crippen molar-refractivity contribution in [3.05, 3.63) is 54.6 Å². The number of fused-ring (bicyclic) bond motifs is 2. The zero-order valence-electron chi connectivity index (χ0n) is 17.5. The van der Waals surface area contributed by atoms with Crippen LogP contribution in [-0.2, 0) is 20.7 Å². The van der Waals surface area contributed by atoms with E-state index in [-0.39, 0.29) is 19.0 Å². The molecule has 0 aliphatic carbocycles. The van der Waals surface area contributed by atoms with Crippen LogP contribution in [0.5, 0.6) is 5.75 Å². The number of carbonyl (C=O) groups excluding carboxylic acids is 1. The van der Waals surface area contributed by atoms with Crippen molar-refractivity contribution in [3.8, 4) is 5.75 Å². The standard InChI is InChI=1S/C24H26N2O5/c1-3-13-31-23(29)6-4-5-16-7-9-20-18(14-16)24(25-12-11-22(27)28)19-15-17(30-2)8-10-21(19)26-20/h3,7-10,14-15H,1,4-6,11-13H2,2H3,(H,25,26)(H,27,28). The van der Waals surface area contributed by atoms with Gasteiger partial charge in [0.15, 0.2) is 0 Å². The summed E-state index contributed by atoms with van der Waals surface area (Å²) in [6.45, 7) is 4.05. The third-order valence-electron chi connectivity index (χ3n) is 4.89. The first-order valence-electron chi connectivity index (χ1n) is 10.1. The van der Waals surface area contributed by atoms with Gasteiger partial charge in [-0.15, -0.1) is 0 Å². The van der Waals surface area contributed by atoms with Gasteiger partial charge in [-0.25, -0.2) is 4.98 Å². The van der Waals surface area contributed by atoms with E-state index in [1.807, 2.05) is 36.4 Å². The molecule has 0 bridgehead atoms. The Hall–Kier alpha value is -3.61. The van der Waals surface area contributed by atoms with E-state index in [0.717, 1.165) is 33.1 Å². The number of esters is 1. The number of aromatic nitrogens is 1. The summed E-state index contributed by atoms with van der Waals surface area (Å²) in [5.41, 5.74) is 3.50. The Morgan fingerprint density at radius 1 is 1.13 bits per heavy atom. The van der Waals surface area contributed by atoms with Crippen molar-refractivity contribution in [2.45, 2.75) is 25.7 Å². The third kappa shape index (κ3) is 5.72. The average Bonchev–Trinajstić information content (AvgIpc) is 2.76. The summed E-state index contributed by atoms with van der Waals surface area (Å²) in [7, 11) is 1.60. The van der Waals surface area contributed by atoms with Crippen molar-refractivity contribution in [1.29, 1.82) is 0 Å². The van der Waals surface area contributed by atoms with Gasteiger partial charge in [0.2, 0.25) is 0 Å². The van der Waals surface area contributed by atoms with Gasteiger partial charge in [0.1, 0.15) is 12.4 Å². The number of nitrogens with zero attached hydrogens (tertiary/aromatic N) is 1. The normalized spacial score (nSPS) is 10.7. The molecule has 0 saturated heterocycles. The maximum Gasteiger partial charge on any atom is 0.306 e. The highest BCUT2D eigenvalue weighted by atomic mass is 16.5. The molecule has 0 aliphatic heterocycles. The molecule has 0 amide bonds. The zero-order valence-corrected chi connectivity index (χ0v) is 17.5. The van der Waals surface area contributed by atoms with Crippen LogP contribution in [-0.4, -0.2) is 42.3 Å². The van der Waals surface area contributed by atoms with E-state index >= 15 is 0 Å². The molecule has 162 valence electrons. The van der Waals surface area contributed by atoms with Gasteiger partial charge >= 0.3 is 11.9 Å². The van der Waals surface area contributed by atoms with Gasteiger partial charge in [0.25, 0.3) is 0 Å². The van der Waals surface area contributed by atoms with Gasteiger partial charge in [-0.1, -0.05) is 18.7 Å². The molecular weight excluding hydrogens is 396 g/mol. The number of hydrogen-bond acceptors (Lipinski definition) is 6. The predicted octanol–water partition coefficient (Wildman–Crippen LogP) is 4.34. The van der Waals surface area contributed by atoms with Gasteiger partial charge in [0, 0.05) is 23.7 Å². The fourth-order valence-electron chi connectivity index (χ4n) is 3.40. The molecule has 31 heavy (non-hydrogen) atoms. The summed E-state index contributed by atoms with van der Waals surface area (Å²) < 4.78 is 10.4. The van der Waals surface area contributed by atoms with Crippen LogP contribution in [0.2, 0.25) is 0 Å². The largest absolute Gasteiger partial charge is 0.497 e. The van der Waals surface area contributed by atoms with Gasteiger partial charge in [-0.2, -0.15) is 0 Å². The van der Waals surface area contributed by atoms with Gasteiger partial charge in [-0.05, 0) is 48.7 Å². The number of carboxylic acid groups (broad SMARTS) is 1. The molecule has 0 spiro atoms. The van der Waals surface area contributed by atoms with Crippen LogP contribution in [0.4, 0.5) is 5.69 Å². The first-order valence-corrected chi connectivity index (χ1v) is 10.1. The van der Waals surface area contributed by atoms with Crippen molar-refractivity contribution in [1.82, 2.24) is 4.98 Å².